The molecule has 0 saturated carbocycles. The summed E-state index contributed by atoms with van der Waals surface area (Å²) in [6.45, 7) is 2.28. The molecule has 15 heavy (non-hydrogen) atoms. The highest BCUT2D eigenvalue weighted by atomic mass is 31.0. The number of ketones is 1. The fourth-order valence-electron chi connectivity index (χ4n) is 1.63. The second-order valence-corrected chi connectivity index (χ2v) is 4.09. The maximum Gasteiger partial charge on any atom is 0.223 e. The van der Waals surface area contributed by atoms with Crippen molar-refractivity contribution in [2.24, 2.45) is 5.92 Å². The number of nitrogens with one attached hydrogen (secondary N) is 2. The van der Waals surface area contributed by atoms with Gasteiger partial charge in [0.15, 0.2) is 5.78 Å². The van der Waals surface area contributed by atoms with Crippen LogP contribution in [0.4, 0.5) is 0 Å². The maximum atomic E-state index is 11.3. The average molecular weight is 228 g/mol. The largest absolute Gasteiger partial charge is 0.356 e. The van der Waals surface area contributed by atoms with E-state index in [1.54, 1.807) is 6.08 Å². The smallest absolute Gasteiger partial charge is 0.223 e. The van der Waals surface area contributed by atoms with Crippen LogP contribution in [0.15, 0.2) is 12.2 Å². The van der Waals surface area contributed by atoms with Crippen molar-refractivity contribution in [1.29, 1.82) is 0 Å². The van der Waals surface area contributed by atoms with E-state index < -0.39 is 0 Å². The van der Waals surface area contributed by atoms with Gasteiger partial charge in [-0.2, -0.15) is 0 Å². The summed E-state index contributed by atoms with van der Waals surface area (Å²) in [6, 6.07) is 0.0627. The molecule has 0 aromatic rings. The molecular weight excluding hydrogens is 211 g/mol. The van der Waals surface area contributed by atoms with E-state index in [-0.39, 0.29) is 23.7 Å². The standard InChI is InChI=1S/C10H17N2O2P/c1-7(13)2-3-9(12-15)6-8-4-5-11-10(8)14/h2-3,8-9,12H,4-6,15H2,1H3,(H,11,14)/b3-2+. The minimum absolute atomic E-state index is 0.0242. The van der Waals surface area contributed by atoms with Gasteiger partial charge in [-0.15, -0.1) is 0 Å². The lowest BCUT2D eigenvalue weighted by atomic mass is 9.98. The minimum Gasteiger partial charge on any atom is -0.356 e. The molecule has 4 nitrogen and oxygen atoms in total. The van der Waals surface area contributed by atoms with Gasteiger partial charge in [0.2, 0.25) is 5.91 Å². The van der Waals surface area contributed by atoms with Gasteiger partial charge in [0.05, 0.1) is 0 Å². The van der Waals surface area contributed by atoms with Crippen LogP contribution < -0.4 is 10.4 Å². The van der Waals surface area contributed by atoms with Gasteiger partial charge in [-0.1, -0.05) is 15.5 Å². The van der Waals surface area contributed by atoms with Crippen molar-refractivity contribution >= 4 is 21.1 Å². The zero-order valence-electron chi connectivity index (χ0n) is 8.82. The minimum atomic E-state index is 0.0242. The van der Waals surface area contributed by atoms with Crippen molar-refractivity contribution in [3.05, 3.63) is 12.2 Å². The van der Waals surface area contributed by atoms with Crippen LogP contribution in [0.25, 0.3) is 0 Å². The molecular formula is C10H17N2O2P. The highest BCUT2D eigenvalue weighted by Gasteiger charge is 2.25. The van der Waals surface area contributed by atoms with E-state index in [1.165, 1.54) is 13.0 Å². The van der Waals surface area contributed by atoms with Crippen molar-refractivity contribution in [3.8, 4) is 0 Å². The molecule has 84 valence electrons. The third kappa shape index (κ3) is 4.10. The molecule has 3 atom stereocenters. The van der Waals surface area contributed by atoms with Gasteiger partial charge in [0.25, 0.3) is 0 Å². The number of allylic oxidation sites excluding steroid dienone is 1. The summed E-state index contributed by atoms with van der Waals surface area (Å²) in [7, 11) is 2.42. The Bertz CT molecular complexity index is 279. The number of rotatable bonds is 5. The Kier molecular flexibility index (Phi) is 4.92. The lowest BCUT2D eigenvalue weighted by molar-refractivity contribution is -0.122. The summed E-state index contributed by atoms with van der Waals surface area (Å²) in [6.07, 6.45) is 4.96. The molecule has 0 aromatic carbocycles. The van der Waals surface area contributed by atoms with Crippen molar-refractivity contribution in [2.45, 2.75) is 25.8 Å². The Morgan fingerprint density at radius 3 is 3.00 bits per heavy atom. The molecule has 0 radical (unpaired) electrons. The zero-order chi connectivity index (χ0) is 11.3. The quantitative estimate of drug-likeness (QED) is 0.529. The van der Waals surface area contributed by atoms with Gasteiger partial charge < -0.3 is 5.32 Å². The van der Waals surface area contributed by atoms with E-state index >= 15 is 0 Å². The molecule has 1 amide bonds. The second-order valence-electron chi connectivity index (χ2n) is 3.76. The number of hydrogen-bond acceptors (Lipinski definition) is 3. The first-order chi connectivity index (χ1) is 7.13. The highest BCUT2D eigenvalue weighted by molar-refractivity contribution is 7.13. The predicted molar refractivity (Wildman–Crippen MR) is 62.2 cm³/mol. The van der Waals surface area contributed by atoms with E-state index in [2.05, 4.69) is 19.8 Å². The molecule has 1 fully saturated rings. The number of hydrogen-bond donors (Lipinski definition) is 2. The van der Waals surface area contributed by atoms with Gasteiger partial charge >= 0.3 is 0 Å². The molecule has 3 unspecified atom stereocenters. The normalized spacial score (nSPS) is 23.1. The SMILES string of the molecule is CC(=O)/C=C/C(CC1CCNC1=O)NP. The second kappa shape index (κ2) is 5.99. The lowest BCUT2D eigenvalue weighted by Gasteiger charge is -2.14. The molecule has 1 heterocycles. The van der Waals surface area contributed by atoms with Crippen LogP contribution in [-0.4, -0.2) is 24.3 Å². The van der Waals surface area contributed by atoms with Crippen LogP contribution in [-0.2, 0) is 9.59 Å². The predicted octanol–water partition coefficient (Wildman–Crippen LogP) is 0.406. The molecule has 1 rings (SSSR count). The first kappa shape index (κ1) is 12.3. The first-order valence-corrected chi connectivity index (χ1v) is 5.64. The Balaban J connectivity index is 2.45. The monoisotopic (exact) mass is 228 g/mol. The van der Waals surface area contributed by atoms with Gasteiger partial charge in [-0.25, -0.2) is 0 Å². The molecule has 5 heteroatoms. The summed E-state index contributed by atoms with van der Waals surface area (Å²) in [5.41, 5.74) is 0. The summed E-state index contributed by atoms with van der Waals surface area (Å²) in [4.78, 5) is 22.1. The number of amides is 1. The summed E-state index contributed by atoms with van der Waals surface area (Å²) < 4.78 is 0. The third-order valence-electron chi connectivity index (χ3n) is 2.48. The van der Waals surface area contributed by atoms with E-state index in [1.807, 2.05) is 0 Å². The molecule has 0 aromatic heterocycles. The summed E-state index contributed by atoms with van der Waals surface area (Å²) in [5.74, 6) is 0.215. The number of carbonyl (C=O) groups excluding carboxylic acids is 2. The van der Waals surface area contributed by atoms with Crippen LogP contribution in [0.3, 0.4) is 0 Å². The summed E-state index contributed by atoms with van der Waals surface area (Å²) in [5, 5.41) is 5.80. The third-order valence-corrected chi connectivity index (χ3v) is 2.91. The Morgan fingerprint density at radius 1 is 1.80 bits per heavy atom. The molecule has 1 saturated heterocycles. The van der Waals surface area contributed by atoms with Crippen molar-refractivity contribution in [1.82, 2.24) is 10.4 Å². The Labute approximate surface area is 92.1 Å². The Hall–Kier alpha value is -0.730. The zero-order valence-corrected chi connectivity index (χ0v) is 9.98. The van der Waals surface area contributed by atoms with Gasteiger partial charge in [-0.05, 0) is 25.8 Å². The molecule has 2 N–H and O–H groups in total. The van der Waals surface area contributed by atoms with E-state index in [9.17, 15) is 9.59 Å². The fourth-order valence-corrected chi connectivity index (χ4v) is 1.88. The molecule has 0 spiro atoms. The van der Waals surface area contributed by atoms with Crippen LogP contribution in [0.2, 0.25) is 0 Å². The molecule has 1 aliphatic rings. The maximum absolute atomic E-state index is 11.3. The van der Waals surface area contributed by atoms with E-state index in [0.717, 1.165) is 19.4 Å². The van der Waals surface area contributed by atoms with Crippen LogP contribution in [0.1, 0.15) is 19.8 Å². The van der Waals surface area contributed by atoms with Crippen LogP contribution in [0, 0.1) is 5.92 Å². The molecule has 1 aliphatic heterocycles. The van der Waals surface area contributed by atoms with E-state index in [4.69, 9.17) is 0 Å². The fraction of sp³-hybridized carbons (Fsp3) is 0.600. The summed E-state index contributed by atoms with van der Waals surface area (Å²) >= 11 is 0. The average Bonchev–Trinajstić information content (AvgIpc) is 2.58. The Morgan fingerprint density at radius 2 is 2.53 bits per heavy atom. The molecule has 0 aliphatic carbocycles. The van der Waals surface area contributed by atoms with Crippen molar-refractivity contribution in [3.63, 3.8) is 0 Å². The lowest BCUT2D eigenvalue weighted by Crippen LogP contribution is -2.26. The molecule has 0 bridgehead atoms. The van der Waals surface area contributed by atoms with E-state index in [0.29, 0.717) is 0 Å². The van der Waals surface area contributed by atoms with Gasteiger partial charge in [0, 0.05) is 18.5 Å². The van der Waals surface area contributed by atoms with Gasteiger partial charge in [-0.3, -0.25) is 14.7 Å². The van der Waals surface area contributed by atoms with Crippen molar-refractivity contribution in [2.75, 3.05) is 6.54 Å². The first-order valence-electron chi connectivity index (χ1n) is 5.06. The van der Waals surface area contributed by atoms with Crippen LogP contribution in [0.5, 0.6) is 0 Å². The topological polar surface area (TPSA) is 58.2 Å². The number of carbonyl (C=O) groups is 2. The van der Waals surface area contributed by atoms with Crippen LogP contribution >= 0.6 is 9.39 Å². The van der Waals surface area contributed by atoms with Gasteiger partial charge in [0.1, 0.15) is 0 Å². The van der Waals surface area contributed by atoms with Crippen molar-refractivity contribution < 1.29 is 9.59 Å². The highest BCUT2D eigenvalue weighted by Crippen LogP contribution is 2.17.